The minimum absolute atomic E-state index is 0.0676. The van der Waals surface area contributed by atoms with Gasteiger partial charge in [0.2, 0.25) is 0 Å². The van der Waals surface area contributed by atoms with E-state index in [0.717, 1.165) is 5.56 Å². The standard InChI is InChI=1S/C19H16ClNO4/c1-13-10-14(21(23)19(22)11-13)12-24-15-6-8-16(9-7-15)25-18-5-3-2-4-17(18)20/h2-11,23H,12H2,1H3. The van der Waals surface area contributed by atoms with Gasteiger partial charge in [0.05, 0.1) is 10.7 Å². The first-order valence-corrected chi connectivity index (χ1v) is 7.98. The van der Waals surface area contributed by atoms with Crippen LogP contribution in [0.15, 0.2) is 65.5 Å². The van der Waals surface area contributed by atoms with E-state index in [-0.39, 0.29) is 6.61 Å². The van der Waals surface area contributed by atoms with Gasteiger partial charge in [-0.1, -0.05) is 23.7 Å². The van der Waals surface area contributed by atoms with Crippen LogP contribution in [0.3, 0.4) is 0 Å². The molecule has 0 fully saturated rings. The van der Waals surface area contributed by atoms with Gasteiger partial charge in [0.25, 0.3) is 5.56 Å². The van der Waals surface area contributed by atoms with Crippen LogP contribution < -0.4 is 15.0 Å². The van der Waals surface area contributed by atoms with E-state index in [1.807, 2.05) is 12.1 Å². The van der Waals surface area contributed by atoms with E-state index in [9.17, 15) is 10.0 Å². The molecule has 2 aromatic carbocycles. The summed E-state index contributed by atoms with van der Waals surface area (Å²) in [5, 5.41) is 10.3. The third-order valence-corrected chi connectivity index (χ3v) is 3.81. The Morgan fingerprint density at radius 3 is 2.44 bits per heavy atom. The zero-order valence-corrected chi connectivity index (χ0v) is 14.2. The molecule has 0 aliphatic heterocycles. The molecule has 0 unspecified atom stereocenters. The fourth-order valence-corrected chi connectivity index (χ4v) is 2.46. The molecular formula is C19H16ClNO4. The van der Waals surface area contributed by atoms with Gasteiger partial charge >= 0.3 is 0 Å². The highest BCUT2D eigenvalue weighted by Crippen LogP contribution is 2.29. The van der Waals surface area contributed by atoms with Gasteiger partial charge in [-0.25, -0.2) is 0 Å². The number of aryl methyl sites for hydroxylation is 1. The summed E-state index contributed by atoms with van der Waals surface area (Å²) in [6, 6.07) is 17.2. The van der Waals surface area contributed by atoms with E-state index in [1.54, 1.807) is 49.4 Å². The first kappa shape index (κ1) is 16.9. The van der Waals surface area contributed by atoms with Crippen LogP contribution in [-0.4, -0.2) is 9.94 Å². The molecule has 0 spiro atoms. The van der Waals surface area contributed by atoms with Crippen molar-refractivity contribution in [2.45, 2.75) is 13.5 Å². The van der Waals surface area contributed by atoms with Crippen molar-refractivity contribution in [3.05, 3.63) is 87.3 Å². The molecule has 0 aliphatic carbocycles. The van der Waals surface area contributed by atoms with Crippen LogP contribution in [-0.2, 0) is 6.61 Å². The summed E-state index contributed by atoms with van der Waals surface area (Å²) < 4.78 is 11.9. The van der Waals surface area contributed by atoms with Crippen molar-refractivity contribution in [2.75, 3.05) is 0 Å². The molecule has 0 amide bonds. The number of rotatable bonds is 5. The lowest BCUT2D eigenvalue weighted by Gasteiger charge is -2.11. The van der Waals surface area contributed by atoms with Crippen LogP contribution in [0.25, 0.3) is 0 Å². The highest BCUT2D eigenvalue weighted by atomic mass is 35.5. The van der Waals surface area contributed by atoms with Crippen LogP contribution in [0.2, 0.25) is 5.02 Å². The smallest absolute Gasteiger partial charge is 0.283 e. The summed E-state index contributed by atoms with van der Waals surface area (Å²) in [4.78, 5) is 11.5. The zero-order chi connectivity index (χ0) is 17.8. The lowest BCUT2D eigenvalue weighted by Crippen LogP contribution is -2.21. The SMILES string of the molecule is Cc1cc(COc2ccc(Oc3ccccc3Cl)cc2)n(O)c(=O)c1. The molecule has 6 heteroatoms. The van der Waals surface area contributed by atoms with Gasteiger partial charge in [-0.05, 0) is 55.0 Å². The number of para-hydroxylation sites is 1. The number of nitrogens with zero attached hydrogens (tertiary/aromatic N) is 1. The van der Waals surface area contributed by atoms with Gasteiger partial charge in [-0.3, -0.25) is 4.79 Å². The van der Waals surface area contributed by atoms with Crippen molar-refractivity contribution in [1.29, 1.82) is 0 Å². The van der Waals surface area contributed by atoms with Gasteiger partial charge in [-0.15, -0.1) is 4.73 Å². The lowest BCUT2D eigenvalue weighted by atomic mass is 10.2. The van der Waals surface area contributed by atoms with Gasteiger partial charge < -0.3 is 14.7 Å². The summed E-state index contributed by atoms with van der Waals surface area (Å²) in [5.41, 5.74) is 0.654. The van der Waals surface area contributed by atoms with E-state index in [4.69, 9.17) is 21.1 Å². The fraction of sp³-hybridized carbons (Fsp3) is 0.105. The summed E-state index contributed by atoms with van der Waals surface area (Å²) in [7, 11) is 0. The Balaban J connectivity index is 1.67. The topological polar surface area (TPSA) is 60.7 Å². The second-order valence-corrected chi connectivity index (χ2v) is 5.87. The van der Waals surface area contributed by atoms with E-state index >= 15 is 0 Å². The molecule has 3 aromatic rings. The molecule has 0 radical (unpaired) electrons. The molecular weight excluding hydrogens is 342 g/mol. The van der Waals surface area contributed by atoms with Crippen molar-refractivity contribution in [1.82, 2.24) is 4.73 Å². The average Bonchev–Trinajstić information content (AvgIpc) is 2.60. The molecule has 0 aliphatic rings. The number of halogens is 1. The first-order valence-electron chi connectivity index (χ1n) is 7.60. The number of benzene rings is 2. The maximum Gasteiger partial charge on any atom is 0.283 e. The lowest BCUT2D eigenvalue weighted by molar-refractivity contribution is 0.147. The summed E-state index contributed by atoms with van der Waals surface area (Å²) in [6.07, 6.45) is 0. The van der Waals surface area contributed by atoms with Gasteiger partial charge in [0, 0.05) is 6.07 Å². The van der Waals surface area contributed by atoms with Gasteiger partial charge in [-0.2, -0.15) is 0 Å². The Kier molecular flexibility index (Phi) is 4.95. The minimum atomic E-state index is -0.484. The maximum absolute atomic E-state index is 11.5. The van der Waals surface area contributed by atoms with Crippen molar-refractivity contribution < 1.29 is 14.7 Å². The fourth-order valence-electron chi connectivity index (χ4n) is 2.28. The Labute approximate surface area is 149 Å². The Bertz CT molecular complexity index is 935. The summed E-state index contributed by atoms with van der Waals surface area (Å²) in [5.74, 6) is 1.78. The molecule has 1 heterocycles. The Morgan fingerprint density at radius 2 is 1.72 bits per heavy atom. The number of hydrogen-bond acceptors (Lipinski definition) is 4. The van der Waals surface area contributed by atoms with Crippen LogP contribution in [0.1, 0.15) is 11.3 Å². The van der Waals surface area contributed by atoms with Crippen molar-refractivity contribution in [3.63, 3.8) is 0 Å². The largest absolute Gasteiger partial charge is 0.487 e. The third-order valence-electron chi connectivity index (χ3n) is 3.50. The maximum atomic E-state index is 11.5. The second kappa shape index (κ2) is 7.32. The van der Waals surface area contributed by atoms with Crippen LogP contribution in [0.5, 0.6) is 17.2 Å². The third kappa shape index (κ3) is 4.14. The van der Waals surface area contributed by atoms with Gasteiger partial charge in [0.15, 0.2) is 0 Å². The molecule has 5 nitrogen and oxygen atoms in total. The predicted octanol–water partition coefficient (Wildman–Crippen LogP) is 4.42. The predicted molar refractivity (Wildman–Crippen MR) is 94.9 cm³/mol. The molecule has 128 valence electrons. The molecule has 0 atom stereocenters. The quantitative estimate of drug-likeness (QED) is 0.687. The van der Waals surface area contributed by atoms with Crippen molar-refractivity contribution in [2.24, 2.45) is 0 Å². The van der Waals surface area contributed by atoms with E-state index in [0.29, 0.717) is 32.7 Å². The second-order valence-electron chi connectivity index (χ2n) is 5.47. The molecule has 3 rings (SSSR count). The van der Waals surface area contributed by atoms with Gasteiger partial charge in [0.1, 0.15) is 23.9 Å². The van der Waals surface area contributed by atoms with Crippen molar-refractivity contribution in [3.8, 4) is 17.2 Å². The summed E-state index contributed by atoms with van der Waals surface area (Å²) >= 11 is 6.06. The first-order chi connectivity index (χ1) is 12.0. The molecule has 1 N–H and O–H groups in total. The zero-order valence-electron chi connectivity index (χ0n) is 13.5. The molecule has 0 bridgehead atoms. The normalized spacial score (nSPS) is 10.5. The number of aromatic nitrogens is 1. The molecule has 0 saturated heterocycles. The van der Waals surface area contributed by atoms with Crippen LogP contribution >= 0.6 is 11.6 Å². The van der Waals surface area contributed by atoms with Crippen LogP contribution in [0, 0.1) is 6.92 Å². The Hall–Kier alpha value is -2.92. The highest BCUT2D eigenvalue weighted by Gasteiger charge is 2.06. The minimum Gasteiger partial charge on any atom is -0.487 e. The molecule has 1 aromatic heterocycles. The Morgan fingerprint density at radius 1 is 1.04 bits per heavy atom. The van der Waals surface area contributed by atoms with Crippen molar-refractivity contribution >= 4 is 11.6 Å². The average molecular weight is 358 g/mol. The number of pyridine rings is 1. The van der Waals surface area contributed by atoms with E-state index in [1.165, 1.54) is 6.07 Å². The highest BCUT2D eigenvalue weighted by molar-refractivity contribution is 6.32. The number of hydrogen-bond donors (Lipinski definition) is 1. The van der Waals surface area contributed by atoms with Crippen LogP contribution in [0.4, 0.5) is 0 Å². The monoisotopic (exact) mass is 357 g/mol. The molecule has 25 heavy (non-hydrogen) atoms. The van der Waals surface area contributed by atoms with E-state index < -0.39 is 5.56 Å². The summed E-state index contributed by atoms with van der Waals surface area (Å²) in [6.45, 7) is 1.85. The molecule has 0 saturated carbocycles. The number of ether oxygens (including phenoxy) is 2. The van der Waals surface area contributed by atoms with E-state index in [2.05, 4.69) is 0 Å².